The number of benzene rings is 1. The molecule has 0 saturated carbocycles. The lowest BCUT2D eigenvalue weighted by molar-refractivity contribution is 0.352. The Morgan fingerprint density at radius 2 is 2.25 bits per heavy atom. The first-order valence-corrected chi connectivity index (χ1v) is 7.56. The third kappa shape index (κ3) is 2.91. The Bertz CT molecular complexity index is 612. The van der Waals surface area contributed by atoms with E-state index in [4.69, 9.17) is 27.9 Å². The van der Waals surface area contributed by atoms with Crippen molar-refractivity contribution in [2.24, 2.45) is 0 Å². The Balaban J connectivity index is 1.79. The number of alkyl halides is 1. The number of aromatic nitrogens is 3. The van der Waals surface area contributed by atoms with Crippen LogP contribution in [0.3, 0.4) is 0 Å². The topological polar surface area (TPSA) is 39.9 Å². The number of nitrogens with zero attached hydrogens (tertiary/aromatic N) is 3. The molecule has 0 N–H and O–H groups in total. The molecular weight excluding hydrogens is 297 g/mol. The Morgan fingerprint density at radius 1 is 1.35 bits per heavy atom. The van der Waals surface area contributed by atoms with Crippen molar-refractivity contribution in [3.63, 3.8) is 0 Å². The first-order chi connectivity index (χ1) is 9.76. The molecule has 0 bridgehead atoms. The van der Waals surface area contributed by atoms with Crippen molar-refractivity contribution >= 4 is 23.2 Å². The summed E-state index contributed by atoms with van der Waals surface area (Å²) in [7, 11) is 0. The Morgan fingerprint density at radius 3 is 3.10 bits per heavy atom. The average molecular weight is 312 g/mol. The van der Waals surface area contributed by atoms with Crippen LogP contribution in [0.2, 0.25) is 5.02 Å². The number of hydrogen-bond donors (Lipinski definition) is 0. The van der Waals surface area contributed by atoms with Gasteiger partial charge in [0.1, 0.15) is 5.75 Å². The van der Waals surface area contributed by atoms with E-state index in [0.29, 0.717) is 12.4 Å². The van der Waals surface area contributed by atoms with Gasteiger partial charge in [-0.2, -0.15) is 0 Å². The number of halogens is 2. The first-order valence-electron chi connectivity index (χ1n) is 6.65. The van der Waals surface area contributed by atoms with Crippen molar-refractivity contribution in [3.8, 4) is 5.75 Å². The second kappa shape index (κ2) is 6.02. The standard InChI is InChI=1S/C14H15Cl2N3O/c15-4-1-2-13-9-19(18-17-13)8-11-7-12(16)6-10-3-5-20-14(10)11/h6-7,9H,1-5,8H2. The van der Waals surface area contributed by atoms with E-state index in [0.717, 1.165) is 47.9 Å². The van der Waals surface area contributed by atoms with Gasteiger partial charge in [-0.05, 0) is 30.5 Å². The highest BCUT2D eigenvalue weighted by atomic mass is 35.5. The van der Waals surface area contributed by atoms with Gasteiger partial charge < -0.3 is 4.74 Å². The molecule has 106 valence electrons. The van der Waals surface area contributed by atoms with Crippen molar-refractivity contribution in [2.75, 3.05) is 12.5 Å². The maximum Gasteiger partial charge on any atom is 0.127 e. The lowest BCUT2D eigenvalue weighted by Gasteiger charge is -2.08. The highest BCUT2D eigenvalue weighted by Crippen LogP contribution is 2.33. The molecule has 2 heterocycles. The van der Waals surface area contributed by atoms with Gasteiger partial charge in [-0.3, -0.25) is 0 Å². The van der Waals surface area contributed by atoms with Crippen LogP contribution in [0.4, 0.5) is 0 Å². The zero-order chi connectivity index (χ0) is 13.9. The predicted molar refractivity (Wildman–Crippen MR) is 78.8 cm³/mol. The molecule has 1 aromatic carbocycles. The van der Waals surface area contributed by atoms with Gasteiger partial charge in [0.15, 0.2) is 0 Å². The van der Waals surface area contributed by atoms with Gasteiger partial charge in [0, 0.05) is 29.1 Å². The molecule has 1 aromatic heterocycles. The number of ether oxygens (including phenoxy) is 1. The van der Waals surface area contributed by atoms with E-state index in [1.807, 2.05) is 23.0 Å². The molecule has 6 heteroatoms. The quantitative estimate of drug-likeness (QED) is 0.797. The van der Waals surface area contributed by atoms with Crippen LogP contribution in [0, 0.1) is 0 Å². The Kier molecular flexibility index (Phi) is 4.13. The van der Waals surface area contributed by atoms with Crippen LogP contribution >= 0.6 is 23.2 Å². The van der Waals surface area contributed by atoms with Crippen LogP contribution in [-0.4, -0.2) is 27.5 Å². The van der Waals surface area contributed by atoms with Gasteiger partial charge in [0.25, 0.3) is 0 Å². The van der Waals surface area contributed by atoms with E-state index in [9.17, 15) is 0 Å². The van der Waals surface area contributed by atoms with Crippen molar-refractivity contribution < 1.29 is 4.74 Å². The molecule has 1 aliphatic heterocycles. The third-order valence-corrected chi connectivity index (χ3v) is 3.80. The summed E-state index contributed by atoms with van der Waals surface area (Å²) in [6.45, 7) is 1.35. The van der Waals surface area contributed by atoms with Crippen molar-refractivity contribution in [3.05, 3.63) is 40.2 Å². The summed E-state index contributed by atoms with van der Waals surface area (Å²) in [6, 6.07) is 3.91. The summed E-state index contributed by atoms with van der Waals surface area (Å²) in [5.41, 5.74) is 3.19. The third-order valence-electron chi connectivity index (χ3n) is 3.31. The second-order valence-corrected chi connectivity index (χ2v) is 5.67. The summed E-state index contributed by atoms with van der Waals surface area (Å²) in [6.07, 6.45) is 4.64. The zero-order valence-corrected chi connectivity index (χ0v) is 12.5. The van der Waals surface area contributed by atoms with E-state index >= 15 is 0 Å². The van der Waals surface area contributed by atoms with Crippen LogP contribution < -0.4 is 4.74 Å². The minimum absolute atomic E-state index is 0.622. The highest BCUT2D eigenvalue weighted by molar-refractivity contribution is 6.30. The smallest absolute Gasteiger partial charge is 0.127 e. The number of rotatable bonds is 5. The lowest BCUT2D eigenvalue weighted by Crippen LogP contribution is -2.02. The molecule has 0 unspecified atom stereocenters. The molecule has 0 atom stereocenters. The van der Waals surface area contributed by atoms with Gasteiger partial charge in [0.05, 0.1) is 18.8 Å². The molecule has 3 rings (SSSR count). The zero-order valence-electron chi connectivity index (χ0n) is 11.0. The van der Waals surface area contributed by atoms with Crippen molar-refractivity contribution in [2.45, 2.75) is 25.8 Å². The van der Waals surface area contributed by atoms with Crippen molar-refractivity contribution in [1.29, 1.82) is 0 Å². The predicted octanol–water partition coefficient (Wildman–Crippen LogP) is 3.09. The highest BCUT2D eigenvalue weighted by Gasteiger charge is 2.18. The Labute approximate surface area is 127 Å². The molecule has 0 saturated heterocycles. The van der Waals surface area contributed by atoms with Gasteiger partial charge >= 0.3 is 0 Å². The van der Waals surface area contributed by atoms with Gasteiger partial charge in [-0.15, -0.1) is 16.7 Å². The first kappa shape index (κ1) is 13.7. The van der Waals surface area contributed by atoms with Gasteiger partial charge in [-0.1, -0.05) is 16.8 Å². The maximum absolute atomic E-state index is 6.15. The molecule has 0 aliphatic carbocycles. The Hall–Kier alpha value is -1.26. The molecule has 20 heavy (non-hydrogen) atoms. The van der Waals surface area contributed by atoms with E-state index in [1.54, 1.807) is 0 Å². The summed E-state index contributed by atoms with van der Waals surface area (Å²) >= 11 is 11.8. The monoisotopic (exact) mass is 311 g/mol. The van der Waals surface area contributed by atoms with E-state index in [1.165, 1.54) is 5.56 Å². The SMILES string of the molecule is ClCCCc1cn(Cc2cc(Cl)cc3c2OCC3)nn1. The van der Waals surface area contributed by atoms with Crippen molar-refractivity contribution in [1.82, 2.24) is 15.0 Å². The molecule has 1 aliphatic rings. The number of aryl methyl sites for hydroxylation is 1. The largest absolute Gasteiger partial charge is 0.493 e. The van der Waals surface area contributed by atoms with E-state index in [-0.39, 0.29) is 0 Å². The fourth-order valence-electron chi connectivity index (χ4n) is 2.42. The molecule has 0 radical (unpaired) electrons. The molecular formula is C14H15Cl2N3O. The second-order valence-electron chi connectivity index (χ2n) is 4.85. The van der Waals surface area contributed by atoms with Crippen LogP contribution in [-0.2, 0) is 19.4 Å². The molecule has 0 spiro atoms. The lowest BCUT2D eigenvalue weighted by atomic mass is 10.1. The molecule has 0 fully saturated rings. The molecule has 0 amide bonds. The molecule has 4 nitrogen and oxygen atoms in total. The minimum atomic E-state index is 0.622. The number of fused-ring (bicyclic) bond motifs is 1. The minimum Gasteiger partial charge on any atom is -0.493 e. The van der Waals surface area contributed by atoms with E-state index < -0.39 is 0 Å². The summed E-state index contributed by atoms with van der Waals surface area (Å²) in [5.74, 6) is 1.59. The van der Waals surface area contributed by atoms with E-state index in [2.05, 4.69) is 10.3 Å². The normalized spacial score (nSPS) is 13.3. The van der Waals surface area contributed by atoms with Gasteiger partial charge in [0.2, 0.25) is 0 Å². The average Bonchev–Trinajstić information content (AvgIpc) is 3.05. The van der Waals surface area contributed by atoms with Crippen LogP contribution in [0.15, 0.2) is 18.3 Å². The van der Waals surface area contributed by atoms with Crippen LogP contribution in [0.25, 0.3) is 0 Å². The maximum atomic E-state index is 6.15. The van der Waals surface area contributed by atoms with Crippen LogP contribution in [0.1, 0.15) is 23.2 Å². The number of hydrogen-bond acceptors (Lipinski definition) is 3. The summed E-state index contributed by atoms with van der Waals surface area (Å²) in [4.78, 5) is 0. The fraction of sp³-hybridized carbons (Fsp3) is 0.429. The fourth-order valence-corrected chi connectivity index (χ4v) is 2.81. The summed E-state index contributed by atoms with van der Waals surface area (Å²) in [5, 5.41) is 9.03. The molecule has 2 aromatic rings. The summed E-state index contributed by atoms with van der Waals surface area (Å²) < 4.78 is 7.51. The van der Waals surface area contributed by atoms with Crippen LogP contribution in [0.5, 0.6) is 5.75 Å². The van der Waals surface area contributed by atoms with Gasteiger partial charge in [-0.25, -0.2) is 4.68 Å².